The summed E-state index contributed by atoms with van der Waals surface area (Å²) in [6, 6.07) is 6.53. The number of para-hydroxylation sites is 1. The van der Waals surface area contributed by atoms with E-state index >= 15 is 0 Å². The second kappa shape index (κ2) is 15.4. The first-order chi connectivity index (χ1) is 21.6. The number of nitrogens with one attached hydrogen (secondary N) is 3. The molecule has 45 heavy (non-hydrogen) atoms. The second-order valence-corrected chi connectivity index (χ2v) is 12.9. The Labute approximate surface area is 265 Å². The van der Waals surface area contributed by atoms with E-state index in [0.29, 0.717) is 18.7 Å². The number of alkyl carbamates (subject to hydrolysis) is 1. The van der Waals surface area contributed by atoms with Gasteiger partial charge >= 0.3 is 6.09 Å². The SMILES string of the molecule is C=CCNC(=O)C(=O)C(CCC)NC(=O)C1C2C(CN1C(=O)C(NC(=O)OCCOc1ccccc1)C1CCCCC1)C2(C)C. The lowest BCUT2D eigenvalue weighted by Crippen LogP contribution is -2.59. The lowest BCUT2D eigenvalue weighted by atomic mass is 9.83. The van der Waals surface area contributed by atoms with Crippen molar-refractivity contribution in [3.05, 3.63) is 43.0 Å². The number of carbonyl (C=O) groups excluding carboxylic acids is 5. The van der Waals surface area contributed by atoms with Crippen LogP contribution in [0.5, 0.6) is 5.75 Å². The lowest BCUT2D eigenvalue weighted by molar-refractivity contribution is -0.145. The zero-order valence-corrected chi connectivity index (χ0v) is 26.7. The molecule has 0 bridgehead atoms. The fourth-order valence-electron chi connectivity index (χ4n) is 7.04. The molecular weight excluding hydrogens is 576 g/mol. The highest BCUT2D eigenvalue weighted by molar-refractivity contribution is 6.38. The molecule has 1 saturated heterocycles. The highest BCUT2D eigenvalue weighted by Gasteiger charge is 2.69. The van der Waals surface area contributed by atoms with Crippen LogP contribution >= 0.6 is 0 Å². The minimum atomic E-state index is -1.01. The number of hydrogen-bond acceptors (Lipinski definition) is 7. The van der Waals surface area contributed by atoms with Gasteiger partial charge in [0.25, 0.3) is 5.91 Å². The van der Waals surface area contributed by atoms with E-state index in [9.17, 15) is 24.0 Å². The molecule has 11 heteroatoms. The van der Waals surface area contributed by atoms with E-state index in [2.05, 4.69) is 36.4 Å². The largest absolute Gasteiger partial charge is 0.490 e. The van der Waals surface area contributed by atoms with Crippen molar-refractivity contribution in [1.82, 2.24) is 20.9 Å². The zero-order valence-electron chi connectivity index (χ0n) is 26.7. The van der Waals surface area contributed by atoms with Crippen LogP contribution < -0.4 is 20.7 Å². The fourth-order valence-corrected chi connectivity index (χ4v) is 7.04. The normalized spacial score (nSPS) is 23.1. The van der Waals surface area contributed by atoms with Gasteiger partial charge in [0.2, 0.25) is 17.6 Å². The summed E-state index contributed by atoms with van der Waals surface area (Å²) in [4.78, 5) is 68.0. The Morgan fingerprint density at radius 2 is 1.76 bits per heavy atom. The molecule has 5 atom stereocenters. The number of ketones is 1. The van der Waals surface area contributed by atoms with Gasteiger partial charge in [0, 0.05) is 13.1 Å². The van der Waals surface area contributed by atoms with Crippen LogP contribution in [0.3, 0.4) is 0 Å². The molecule has 0 spiro atoms. The van der Waals surface area contributed by atoms with Crippen molar-refractivity contribution in [2.75, 3.05) is 26.3 Å². The maximum atomic E-state index is 14.3. The molecule has 1 heterocycles. The van der Waals surface area contributed by atoms with Crippen LogP contribution in [0, 0.1) is 23.2 Å². The summed E-state index contributed by atoms with van der Waals surface area (Å²) in [5.74, 6) is -1.68. The second-order valence-electron chi connectivity index (χ2n) is 12.9. The summed E-state index contributed by atoms with van der Waals surface area (Å²) in [6.45, 7) is 10.3. The first-order valence-electron chi connectivity index (χ1n) is 16.2. The van der Waals surface area contributed by atoms with Gasteiger partial charge in [-0.05, 0) is 54.6 Å². The number of benzene rings is 1. The van der Waals surface area contributed by atoms with E-state index in [1.807, 2.05) is 37.3 Å². The minimum Gasteiger partial charge on any atom is -0.490 e. The van der Waals surface area contributed by atoms with Gasteiger partial charge in [-0.2, -0.15) is 0 Å². The quantitative estimate of drug-likeness (QED) is 0.154. The molecule has 1 aromatic carbocycles. The molecule has 11 nitrogen and oxygen atoms in total. The molecule has 4 rings (SSSR count). The number of rotatable bonds is 15. The van der Waals surface area contributed by atoms with Crippen LogP contribution in [-0.2, 0) is 23.9 Å². The zero-order chi connectivity index (χ0) is 32.6. The third-order valence-electron chi connectivity index (χ3n) is 9.59. The third-order valence-corrected chi connectivity index (χ3v) is 9.59. The Bertz CT molecular complexity index is 1230. The van der Waals surface area contributed by atoms with E-state index < -0.39 is 41.8 Å². The van der Waals surface area contributed by atoms with E-state index in [0.717, 1.165) is 32.1 Å². The van der Waals surface area contributed by atoms with E-state index in [4.69, 9.17) is 9.47 Å². The van der Waals surface area contributed by atoms with Gasteiger partial charge in [0.15, 0.2) is 0 Å². The highest BCUT2D eigenvalue weighted by Crippen LogP contribution is 2.65. The Kier molecular flexibility index (Phi) is 11.6. The Morgan fingerprint density at radius 1 is 1.04 bits per heavy atom. The van der Waals surface area contributed by atoms with Crippen molar-refractivity contribution in [3.63, 3.8) is 0 Å². The minimum absolute atomic E-state index is 0.00656. The Balaban J connectivity index is 1.46. The van der Waals surface area contributed by atoms with Gasteiger partial charge < -0.3 is 30.3 Å². The van der Waals surface area contributed by atoms with Gasteiger partial charge in [-0.15, -0.1) is 6.58 Å². The molecule has 3 N–H and O–H groups in total. The number of piperidine rings is 1. The van der Waals surface area contributed by atoms with Gasteiger partial charge in [-0.1, -0.05) is 70.7 Å². The number of hydrogen-bond donors (Lipinski definition) is 3. The molecule has 4 amide bonds. The summed E-state index contributed by atoms with van der Waals surface area (Å²) in [5.41, 5.74) is -0.157. The smallest absolute Gasteiger partial charge is 0.407 e. The van der Waals surface area contributed by atoms with Crippen molar-refractivity contribution < 1.29 is 33.4 Å². The first-order valence-corrected chi connectivity index (χ1v) is 16.2. The molecule has 1 aromatic rings. The van der Waals surface area contributed by atoms with Gasteiger partial charge in [-0.3, -0.25) is 19.2 Å². The van der Waals surface area contributed by atoms with Crippen molar-refractivity contribution in [2.24, 2.45) is 23.2 Å². The number of likely N-dealkylation sites (tertiary alicyclic amines) is 1. The summed E-state index contributed by atoms with van der Waals surface area (Å²) in [7, 11) is 0. The fraction of sp³-hybridized carbons (Fsp3) is 0.618. The molecule has 1 aliphatic heterocycles. The summed E-state index contributed by atoms with van der Waals surface area (Å²) in [6.07, 6.45) is 6.16. The molecule has 2 saturated carbocycles. The van der Waals surface area contributed by atoms with Gasteiger partial charge in [-0.25, -0.2) is 4.79 Å². The molecule has 0 aromatic heterocycles. The molecule has 0 radical (unpaired) electrons. The standard InChI is InChI=1S/C34H48N4O7/c1-5-13-25(29(39)31(41)35-18-6-2)36-30(40)28-26-24(34(26,3)4)21-38(28)32(42)27(22-14-9-7-10-15-22)37-33(43)45-20-19-44-23-16-11-8-12-17-23/h6,8,11-12,16-17,22,24-28H,2,5,7,9-10,13-15,18-21H2,1,3-4H3,(H,35,41)(H,36,40)(H,37,43). The Morgan fingerprint density at radius 3 is 2.42 bits per heavy atom. The van der Waals surface area contributed by atoms with E-state index in [1.54, 1.807) is 4.90 Å². The average molecular weight is 625 g/mol. The van der Waals surface area contributed by atoms with Crippen LogP contribution in [0.4, 0.5) is 4.79 Å². The van der Waals surface area contributed by atoms with Crippen LogP contribution in [0.25, 0.3) is 0 Å². The average Bonchev–Trinajstić information content (AvgIpc) is 3.35. The maximum absolute atomic E-state index is 14.3. The monoisotopic (exact) mass is 624 g/mol. The van der Waals surface area contributed by atoms with Crippen molar-refractivity contribution in [1.29, 1.82) is 0 Å². The van der Waals surface area contributed by atoms with Crippen LogP contribution in [0.1, 0.15) is 65.7 Å². The van der Waals surface area contributed by atoms with Crippen LogP contribution in [-0.4, -0.2) is 78.9 Å². The highest BCUT2D eigenvalue weighted by atomic mass is 16.6. The molecular formula is C34H48N4O7. The number of nitrogens with zero attached hydrogens (tertiary/aromatic N) is 1. The molecule has 2 aliphatic carbocycles. The first kappa shape index (κ1) is 34.0. The van der Waals surface area contributed by atoms with E-state index in [-0.39, 0.29) is 55.3 Å². The van der Waals surface area contributed by atoms with Crippen molar-refractivity contribution >= 4 is 29.6 Å². The number of ether oxygens (including phenoxy) is 2. The summed E-state index contributed by atoms with van der Waals surface area (Å²) < 4.78 is 11.0. The lowest BCUT2D eigenvalue weighted by Gasteiger charge is -2.37. The van der Waals surface area contributed by atoms with Crippen molar-refractivity contribution in [2.45, 2.75) is 83.8 Å². The Hall–Kier alpha value is -3.89. The van der Waals surface area contributed by atoms with E-state index in [1.165, 1.54) is 6.08 Å². The van der Waals surface area contributed by atoms with Crippen molar-refractivity contribution in [3.8, 4) is 5.75 Å². The number of carbonyl (C=O) groups is 5. The third kappa shape index (κ3) is 8.23. The topological polar surface area (TPSA) is 143 Å². The number of amides is 4. The van der Waals surface area contributed by atoms with Crippen LogP contribution in [0.15, 0.2) is 43.0 Å². The maximum Gasteiger partial charge on any atom is 0.407 e. The van der Waals surface area contributed by atoms with Gasteiger partial charge in [0.05, 0.1) is 6.04 Å². The van der Waals surface area contributed by atoms with Crippen LogP contribution in [0.2, 0.25) is 0 Å². The summed E-state index contributed by atoms with van der Waals surface area (Å²) >= 11 is 0. The summed E-state index contributed by atoms with van der Waals surface area (Å²) in [5, 5.41) is 8.12. The molecule has 3 fully saturated rings. The predicted molar refractivity (Wildman–Crippen MR) is 168 cm³/mol. The predicted octanol–water partition coefficient (Wildman–Crippen LogP) is 3.38. The molecule has 3 aliphatic rings. The number of fused-ring (bicyclic) bond motifs is 1. The van der Waals surface area contributed by atoms with Gasteiger partial charge in [0.1, 0.15) is 31.0 Å². The molecule has 246 valence electrons. The number of Topliss-reactive ketones (excluding diaryl/α,β-unsaturated/α-hetero) is 1. The molecule has 5 unspecified atom stereocenters.